The molecule has 19 heavy (non-hydrogen) atoms. The van der Waals surface area contributed by atoms with Crippen LogP contribution in [-0.2, 0) is 12.0 Å². The van der Waals surface area contributed by atoms with Crippen molar-refractivity contribution in [2.24, 2.45) is 0 Å². The van der Waals surface area contributed by atoms with Crippen molar-refractivity contribution in [3.63, 3.8) is 0 Å². The maximum Gasteiger partial charge on any atom is 0.122 e. The molecule has 1 heterocycles. The highest BCUT2D eigenvalue weighted by atomic mass is 16.3. The van der Waals surface area contributed by atoms with E-state index in [2.05, 4.69) is 50.1 Å². The third-order valence-electron chi connectivity index (χ3n) is 3.17. The van der Waals surface area contributed by atoms with E-state index in [-0.39, 0.29) is 12.0 Å². The van der Waals surface area contributed by atoms with E-state index in [1.807, 2.05) is 6.07 Å². The fourth-order valence-corrected chi connectivity index (χ4v) is 1.99. The minimum absolute atomic E-state index is 0.0360. The standard InChI is InChI=1S/C15H21N3O/c1-15(2,3)12-6-4-11(5-7-12)13-10-14(16)18(17-13)8-9-19/h4-7,10,19H,8-9,16H2,1-3H3. The van der Waals surface area contributed by atoms with Gasteiger partial charge in [-0.15, -0.1) is 0 Å². The number of nitrogens with zero attached hydrogens (tertiary/aromatic N) is 2. The van der Waals surface area contributed by atoms with Gasteiger partial charge in [0.1, 0.15) is 5.82 Å². The van der Waals surface area contributed by atoms with Gasteiger partial charge in [-0.05, 0) is 11.0 Å². The van der Waals surface area contributed by atoms with Crippen molar-refractivity contribution in [3.8, 4) is 11.3 Å². The summed E-state index contributed by atoms with van der Waals surface area (Å²) in [6, 6.07) is 10.2. The Morgan fingerprint density at radius 1 is 1.21 bits per heavy atom. The van der Waals surface area contributed by atoms with Crippen LogP contribution in [0.1, 0.15) is 26.3 Å². The van der Waals surface area contributed by atoms with Gasteiger partial charge in [-0.3, -0.25) is 0 Å². The maximum absolute atomic E-state index is 8.93. The number of benzene rings is 1. The zero-order valence-electron chi connectivity index (χ0n) is 11.7. The Bertz CT molecular complexity index is 550. The van der Waals surface area contributed by atoms with Crippen LogP contribution >= 0.6 is 0 Å². The predicted octanol–water partition coefficient (Wildman–Crippen LogP) is 2.42. The summed E-state index contributed by atoms with van der Waals surface area (Å²) >= 11 is 0. The van der Waals surface area contributed by atoms with E-state index in [0.717, 1.165) is 11.3 Å². The second-order valence-corrected chi connectivity index (χ2v) is 5.73. The van der Waals surface area contributed by atoms with Gasteiger partial charge < -0.3 is 10.8 Å². The summed E-state index contributed by atoms with van der Waals surface area (Å²) in [6.07, 6.45) is 0. The molecule has 0 atom stereocenters. The molecule has 0 aliphatic carbocycles. The second-order valence-electron chi connectivity index (χ2n) is 5.73. The maximum atomic E-state index is 8.93. The van der Waals surface area contributed by atoms with Crippen molar-refractivity contribution in [2.45, 2.75) is 32.7 Å². The van der Waals surface area contributed by atoms with E-state index in [1.54, 1.807) is 4.68 Å². The molecule has 4 nitrogen and oxygen atoms in total. The molecule has 1 aromatic carbocycles. The van der Waals surface area contributed by atoms with Crippen LogP contribution in [0.15, 0.2) is 30.3 Å². The van der Waals surface area contributed by atoms with Crippen molar-refractivity contribution in [1.82, 2.24) is 9.78 Å². The number of nitrogen functional groups attached to an aromatic ring is 1. The van der Waals surface area contributed by atoms with Gasteiger partial charge in [-0.2, -0.15) is 5.10 Å². The lowest BCUT2D eigenvalue weighted by molar-refractivity contribution is 0.270. The summed E-state index contributed by atoms with van der Waals surface area (Å²) in [4.78, 5) is 0. The molecule has 0 bridgehead atoms. The van der Waals surface area contributed by atoms with Crippen LogP contribution in [0.25, 0.3) is 11.3 Å². The van der Waals surface area contributed by atoms with Gasteiger partial charge in [0.05, 0.1) is 18.8 Å². The van der Waals surface area contributed by atoms with Gasteiger partial charge in [-0.1, -0.05) is 45.0 Å². The lowest BCUT2D eigenvalue weighted by atomic mass is 9.86. The number of nitrogens with two attached hydrogens (primary N) is 1. The van der Waals surface area contributed by atoms with E-state index >= 15 is 0 Å². The summed E-state index contributed by atoms with van der Waals surface area (Å²) in [5, 5.41) is 13.3. The first-order valence-corrected chi connectivity index (χ1v) is 6.47. The highest BCUT2D eigenvalue weighted by molar-refractivity contribution is 5.62. The van der Waals surface area contributed by atoms with Crippen LogP contribution in [0.2, 0.25) is 0 Å². The Morgan fingerprint density at radius 2 is 1.84 bits per heavy atom. The van der Waals surface area contributed by atoms with Gasteiger partial charge in [-0.25, -0.2) is 4.68 Å². The molecule has 2 rings (SSSR count). The fourth-order valence-electron chi connectivity index (χ4n) is 1.99. The topological polar surface area (TPSA) is 64.1 Å². The highest BCUT2D eigenvalue weighted by Gasteiger charge is 2.14. The number of aliphatic hydroxyl groups excluding tert-OH is 1. The summed E-state index contributed by atoms with van der Waals surface area (Å²) in [5.74, 6) is 0.573. The van der Waals surface area contributed by atoms with Crippen LogP contribution in [0.5, 0.6) is 0 Å². The molecule has 0 fully saturated rings. The summed E-state index contributed by atoms with van der Waals surface area (Å²) < 4.78 is 1.62. The normalized spacial score (nSPS) is 11.8. The Labute approximate surface area is 113 Å². The molecule has 0 amide bonds. The fraction of sp³-hybridized carbons (Fsp3) is 0.400. The molecule has 3 N–H and O–H groups in total. The highest BCUT2D eigenvalue weighted by Crippen LogP contribution is 2.26. The van der Waals surface area contributed by atoms with E-state index in [0.29, 0.717) is 12.4 Å². The second kappa shape index (κ2) is 5.05. The molecule has 0 spiro atoms. The van der Waals surface area contributed by atoms with Crippen LogP contribution in [0, 0.1) is 0 Å². The van der Waals surface area contributed by atoms with E-state index in [9.17, 15) is 0 Å². The summed E-state index contributed by atoms with van der Waals surface area (Å²) in [5.41, 5.74) is 9.17. The molecule has 0 saturated heterocycles. The average Bonchev–Trinajstić information content (AvgIpc) is 2.71. The SMILES string of the molecule is CC(C)(C)c1ccc(-c2cc(N)n(CCO)n2)cc1. The van der Waals surface area contributed by atoms with Gasteiger partial charge in [0, 0.05) is 11.6 Å². The Hall–Kier alpha value is -1.81. The molecule has 0 radical (unpaired) electrons. The quantitative estimate of drug-likeness (QED) is 0.889. The van der Waals surface area contributed by atoms with Crippen molar-refractivity contribution in [3.05, 3.63) is 35.9 Å². The summed E-state index contributed by atoms with van der Waals surface area (Å²) in [6.45, 7) is 7.03. The number of aliphatic hydroxyl groups is 1. The van der Waals surface area contributed by atoms with Crippen molar-refractivity contribution in [1.29, 1.82) is 0 Å². The summed E-state index contributed by atoms with van der Waals surface area (Å²) in [7, 11) is 0. The molecule has 1 aromatic heterocycles. The zero-order chi connectivity index (χ0) is 14.0. The molecule has 0 aliphatic heterocycles. The average molecular weight is 259 g/mol. The molecular weight excluding hydrogens is 238 g/mol. The molecule has 0 saturated carbocycles. The largest absolute Gasteiger partial charge is 0.394 e. The lowest BCUT2D eigenvalue weighted by Gasteiger charge is -2.18. The lowest BCUT2D eigenvalue weighted by Crippen LogP contribution is -2.10. The van der Waals surface area contributed by atoms with Crippen LogP contribution < -0.4 is 5.73 Å². The Balaban J connectivity index is 2.30. The third kappa shape index (κ3) is 2.96. The van der Waals surface area contributed by atoms with Crippen LogP contribution in [0.4, 0.5) is 5.82 Å². The van der Waals surface area contributed by atoms with Gasteiger partial charge >= 0.3 is 0 Å². The Kier molecular flexibility index (Phi) is 3.62. The van der Waals surface area contributed by atoms with Crippen molar-refractivity contribution < 1.29 is 5.11 Å². The minimum Gasteiger partial charge on any atom is -0.394 e. The van der Waals surface area contributed by atoms with E-state index in [1.165, 1.54) is 5.56 Å². The smallest absolute Gasteiger partial charge is 0.122 e. The number of aromatic nitrogens is 2. The van der Waals surface area contributed by atoms with Crippen LogP contribution in [0.3, 0.4) is 0 Å². The molecular formula is C15H21N3O. The monoisotopic (exact) mass is 259 g/mol. The van der Waals surface area contributed by atoms with Gasteiger partial charge in [0.15, 0.2) is 0 Å². The number of rotatable bonds is 3. The zero-order valence-corrected chi connectivity index (χ0v) is 11.7. The van der Waals surface area contributed by atoms with Crippen molar-refractivity contribution >= 4 is 5.82 Å². The number of hydrogen-bond donors (Lipinski definition) is 2. The number of hydrogen-bond acceptors (Lipinski definition) is 3. The molecule has 0 aliphatic rings. The predicted molar refractivity (Wildman–Crippen MR) is 77.9 cm³/mol. The molecule has 4 heteroatoms. The number of anilines is 1. The van der Waals surface area contributed by atoms with E-state index in [4.69, 9.17) is 10.8 Å². The van der Waals surface area contributed by atoms with Crippen molar-refractivity contribution in [2.75, 3.05) is 12.3 Å². The Morgan fingerprint density at radius 3 is 2.37 bits per heavy atom. The molecule has 2 aromatic rings. The first kappa shape index (κ1) is 13.6. The minimum atomic E-state index is 0.0360. The molecule has 0 unspecified atom stereocenters. The molecule has 102 valence electrons. The van der Waals surface area contributed by atoms with E-state index < -0.39 is 0 Å². The van der Waals surface area contributed by atoms with Gasteiger partial charge in [0.25, 0.3) is 0 Å². The first-order valence-electron chi connectivity index (χ1n) is 6.47. The first-order chi connectivity index (χ1) is 8.91. The van der Waals surface area contributed by atoms with Crippen LogP contribution in [-0.4, -0.2) is 21.5 Å². The third-order valence-corrected chi connectivity index (χ3v) is 3.17. The van der Waals surface area contributed by atoms with Gasteiger partial charge in [0.2, 0.25) is 0 Å².